The SMILES string of the molecule is Cc1nc2cc([C@@H]3CC[C@@H](C)CN3C(=O)C(=O)Nc3cncc(C(N)=O)c3)ccc2s1.Cc1nc2cc([C@H]3CC[C@H](C)CN3)ccc2s1.Cc1nc2cc([C@H]3CC[C@H](C)CN3C(=O)C(=O)Nc3cncc(C(N)=O)c3)ccc2s1.Cc1nc2cc([C@H]3CC[C@H](C)CN3C(=O)C(=O)Nc3cncc(C(N)=O)c3)ccc2s1.NC(=O)c1cncc(NC(=O)C(=O)O)c1. The number of hydrogen-bond acceptors (Lipinski definition) is 25. The first-order valence-corrected chi connectivity index (χ1v) is 43.6. The van der Waals surface area contributed by atoms with Gasteiger partial charge in [-0.3, -0.25) is 72.7 Å². The van der Waals surface area contributed by atoms with E-state index >= 15 is 0 Å². The number of thiazole rings is 4. The summed E-state index contributed by atoms with van der Waals surface area (Å²) in [7, 11) is 0. The summed E-state index contributed by atoms with van der Waals surface area (Å²) in [5.41, 5.74) is 30.3. The molecule has 33 nitrogen and oxygen atoms in total. The molecule has 11 amide bonds. The van der Waals surface area contributed by atoms with Gasteiger partial charge in [0.2, 0.25) is 23.6 Å². The van der Waals surface area contributed by atoms with Gasteiger partial charge in [0, 0.05) is 50.5 Å². The number of pyridine rings is 4. The lowest BCUT2D eigenvalue weighted by Gasteiger charge is -2.38. The van der Waals surface area contributed by atoms with Crippen LogP contribution in [0.1, 0.15) is 187 Å². The highest BCUT2D eigenvalue weighted by Crippen LogP contribution is 2.40. The van der Waals surface area contributed by atoms with Crippen molar-refractivity contribution < 1.29 is 62.6 Å². The number of aromatic nitrogens is 8. The Hall–Kier alpha value is -13.4. The number of hydrogen-bond donors (Lipinski definition) is 10. The minimum Gasteiger partial charge on any atom is -0.474 e. The normalized spacial score (nSPS) is 18.5. The number of carbonyl (C=O) groups excluding carboxylic acids is 11. The second kappa shape index (κ2) is 40.8. The van der Waals surface area contributed by atoms with E-state index in [0.717, 1.165) is 124 Å². The molecule has 0 aliphatic carbocycles. The molecule has 14 N–H and O–H groups in total. The Morgan fingerprint density at radius 2 is 0.616 bits per heavy atom. The van der Waals surface area contributed by atoms with E-state index in [1.807, 2.05) is 80.7 Å². The van der Waals surface area contributed by atoms with Crippen molar-refractivity contribution in [3.05, 3.63) is 211 Å². The number of fused-ring (bicyclic) bond motifs is 4. The number of piperidine rings is 4. The van der Waals surface area contributed by atoms with Crippen LogP contribution in [0.2, 0.25) is 0 Å². The zero-order valence-electron chi connectivity index (χ0n) is 69.7. The van der Waals surface area contributed by atoms with E-state index in [0.29, 0.717) is 25.7 Å². The second-order valence-corrected chi connectivity index (χ2v) is 36.3. The molecule has 125 heavy (non-hydrogen) atoms. The summed E-state index contributed by atoms with van der Waals surface area (Å²) in [6, 6.07) is 30.2. The first kappa shape index (κ1) is 90.9. The number of nitrogens with two attached hydrogens (primary N) is 4. The Labute approximate surface area is 734 Å². The number of amides is 11. The average Bonchev–Trinajstić information content (AvgIpc) is 1.79. The molecule has 0 radical (unpaired) electrons. The Bertz CT molecular complexity index is 5690. The van der Waals surface area contributed by atoms with Crippen LogP contribution in [0.3, 0.4) is 0 Å². The van der Waals surface area contributed by atoms with Gasteiger partial charge in [-0.2, -0.15) is 0 Å². The number of carboxylic acids is 1. The van der Waals surface area contributed by atoms with Crippen molar-refractivity contribution in [3.63, 3.8) is 0 Å². The van der Waals surface area contributed by atoms with Crippen molar-refractivity contribution in [2.45, 2.75) is 131 Å². The van der Waals surface area contributed by atoms with Gasteiger partial charge in [-0.25, -0.2) is 24.7 Å². The number of aryl methyl sites for hydroxylation is 4. The van der Waals surface area contributed by atoms with Crippen molar-refractivity contribution >= 4 is 180 Å². The highest BCUT2D eigenvalue weighted by Gasteiger charge is 2.38. The first-order valence-electron chi connectivity index (χ1n) is 40.3. The molecule has 4 fully saturated rings. The van der Waals surface area contributed by atoms with Crippen LogP contribution in [-0.2, 0) is 38.4 Å². The molecule has 16 rings (SSSR count). The lowest BCUT2D eigenvalue weighted by atomic mass is 9.89. The summed E-state index contributed by atoms with van der Waals surface area (Å²) in [5, 5.41) is 25.7. The van der Waals surface area contributed by atoms with Crippen LogP contribution < -0.4 is 49.5 Å². The fraction of sp³-hybridized carbons (Fsp3) is 0.318. The molecule has 4 aliphatic heterocycles. The van der Waals surface area contributed by atoms with E-state index in [1.54, 1.807) is 60.0 Å². The summed E-state index contributed by atoms with van der Waals surface area (Å²) in [6.07, 6.45) is 18.2. The highest BCUT2D eigenvalue weighted by molar-refractivity contribution is 7.19. The van der Waals surface area contributed by atoms with Gasteiger partial charge in [0.15, 0.2) is 0 Å². The van der Waals surface area contributed by atoms with Crippen molar-refractivity contribution in [3.8, 4) is 0 Å². The Morgan fingerprint density at radius 1 is 0.352 bits per heavy atom. The lowest BCUT2D eigenvalue weighted by molar-refractivity contribution is -0.147. The molecule has 37 heteroatoms. The van der Waals surface area contributed by atoms with Crippen molar-refractivity contribution in [2.24, 2.45) is 46.6 Å². The first-order chi connectivity index (χ1) is 59.7. The van der Waals surface area contributed by atoms with E-state index in [1.165, 1.54) is 96.9 Å². The molecule has 8 atom stereocenters. The molecule has 8 aromatic heterocycles. The number of primary amides is 4. The number of nitrogens with one attached hydrogen (secondary N) is 5. The number of rotatable bonds is 12. The van der Waals surface area contributed by atoms with Gasteiger partial charge < -0.3 is 69.3 Å². The smallest absolute Gasteiger partial charge is 0.394 e. The van der Waals surface area contributed by atoms with Crippen LogP contribution in [0.25, 0.3) is 40.9 Å². The zero-order chi connectivity index (χ0) is 89.6. The van der Waals surface area contributed by atoms with Gasteiger partial charge >= 0.3 is 47.3 Å². The van der Waals surface area contributed by atoms with Crippen LogP contribution in [0, 0.1) is 51.4 Å². The maximum atomic E-state index is 13.1. The maximum absolute atomic E-state index is 13.1. The summed E-state index contributed by atoms with van der Waals surface area (Å²) >= 11 is 6.67. The van der Waals surface area contributed by atoms with Gasteiger partial charge in [-0.1, -0.05) is 52.0 Å². The predicted octanol–water partition coefficient (Wildman–Crippen LogP) is 12.0. The quantitative estimate of drug-likeness (QED) is 0.0508. The topological polar surface area (TPSA) is 502 Å². The minimum absolute atomic E-state index is 0.0817. The average molecular weight is 1770 g/mol. The standard InChI is InChI=1S/3C22H23N5O3S.C14H18N2S.C8H7N3O4/c3*1-12-3-5-18(14-4-6-19-17(8-14)25-13(2)31-19)27(11-12)22(30)21(29)26-16-7-15(20(23)28)9-24-10-16;1-9-3-5-12(15-8-9)11-4-6-14-13(7-11)16-10(2)17-14;9-6(12)4-1-5(3-10-2-4)11-7(13)8(14)15/h3*4,6-10,12,18H,3,5,11H2,1-2H3,(H2,23,28)(H,26,29);4,6-7,9,12,15H,3,5,8H2,1-2H3;1-3H,(H2,9,12)(H,11,13)(H,14,15)/t3*12-,18+;9-,12+;/m1000./s1. The van der Waals surface area contributed by atoms with E-state index in [4.69, 9.17) is 28.0 Å². The van der Waals surface area contributed by atoms with Gasteiger partial charge in [0.25, 0.3) is 0 Å². The fourth-order valence-electron chi connectivity index (χ4n) is 15.2. The summed E-state index contributed by atoms with van der Waals surface area (Å²) < 4.78 is 4.60. The number of benzene rings is 4. The molecule has 0 spiro atoms. The van der Waals surface area contributed by atoms with Crippen molar-refractivity contribution in [1.29, 1.82) is 0 Å². The highest BCUT2D eigenvalue weighted by atomic mass is 32.1. The number of likely N-dealkylation sites (tertiary alicyclic amines) is 3. The molecule has 0 unspecified atom stereocenters. The Balaban J connectivity index is 0.000000146. The molecule has 648 valence electrons. The molecule has 0 bridgehead atoms. The maximum Gasteiger partial charge on any atom is 0.394 e. The summed E-state index contributed by atoms with van der Waals surface area (Å²) in [6.45, 7) is 19.1. The Kier molecular flexibility index (Phi) is 29.6. The van der Waals surface area contributed by atoms with Crippen molar-refractivity contribution in [2.75, 3.05) is 47.4 Å². The molecular formula is C88H94N20O13S4. The van der Waals surface area contributed by atoms with Crippen LogP contribution in [0.4, 0.5) is 22.7 Å². The molecule has 0 saturated carbocycles. The molecule has 12 aromatic rings. The minimum atomic E-state index is -1.63. The van der Waals surface area contributed by atoms with Gasteiger partial charge in [-0.15, -0.1) is 45.3 Å². The van der Waals surface area contributed by atoms with E-state index in [2.05, 4.69) is 114 Å². The van der Waals surface area contributed by atoms with Gasteiger partial charge in [0.1, 0.15) is 0 Å². The molecule has 12 heterocycles. The monoisotopic (exact) mass is 1770 g/mol. The largest absolute Gasteiger partial charge is 0.474 e. The van der Waals surface area contributed by atoms with Crippen LogP contribution in [-0.4, -0.2) is 157 Å². The summed E-state index contributed by atoms with van der Waals surface area (Å²) in [4.78, 5) is 182. The van der Waals surface area contributed by atoms with Gasteiger partial charge in [-0.05, 0) is 204 Å². The lowest BCUT2D eigenvalue weighted by Crippen LogP contribution is -2.46. The van der Waals surface area contributed by atoms with Crippen LogP contribution >= 0.6 is 45.3 Å². The number of carboxylic acid groups (broad SMARTS) is 1. The number of aliphatic carboxylic acids is 1. The zero-order valence-corrected chi connectivity index (χ0v) is 72.9. The molecule has 4 aromatic carbocycles. The second-order valence-electron chi connectivity index (χ2n) is 31.4. The molecule has 4 saturated heterocycles. The number of anilines is 4. The molecular weight excluding hydrogens is 1670 g/mol. The third-order valence-electron chi connectivity index (χ3n) is 21.4. The fourth-order valence-corrected chi connectivity index (χ4v) is 18.5. The van der Waals surface area contributed by atoms with Crippen molar-refractivity contribution in [1.82, 2.24) is 59.9 Å². The van der Waals surface area contributed by atoms with Crippen LogP contribution in [0.5, 0.6) is 0 Å². The Morgan fingerprint density at radius 3 is 0.880 bits per heavy atom. The van der Waals surface area contributed by atoms with Gasteiger partial charge in [0.05, 0.1) is 149 Å². The van der Waals surface area contributed by atoms with Crippen LogP contribution in [0.15, 0.2) is 147 Å². The van der Waals surface area contributed by atoms with E-state index < -0.39 is 70.9 Å². The summed E-state index contributed by atoms with van der Waals surface area (Å²) in [5.74, 6) is -8.00. The predicted molar refractivity (Wildman–Crippen MR) is 478 cm³/mol. The molecule has 4 aliphatic rings. The van der Waals surface area contributed by atoms with E-state index in [-0.39, 0.29) is 80.9 Å². The number of carbonyl (C=O) groups is 12. The third-order valence-corrected chi connectivity index (χ3v) is 25.2. The number of nitrogens with zero attached hydrogens (tertiary/aromatic N) is 11. The van der Waals surface area contributed by atoms with E-state index in [9.17, 15) is 57.5 Å². The third kappa shape index (κ3) is 23.5.